The molecule has 1 N–H and O–H groups in total. The number of aryl methyl sites for hydroxylation is 2. The molecule has 9 nitrogen and oxygen atoms in total. The summed E-state index contributed by atoms with van der Waals surface area (Å²) < 4.78 is 28.3. The van der Waals surface area contributed by atoms with Crippen molar-refractivity contribution >= 4 is 27.6 Å². The first-order chi connectivity index (χ1) is 10.4. The van der Waals surface area contributed by atoms with Gasteiger partial charge < -0.3 is 4.90 Å². The van der Waals surface area contributed by atoms with Crippen LogP contribution in [0.25, 0.3) is 0 Å². The highest BCUT2D eigenvalue weighted by molar-refractivity contribution is 7.89. The highest BCUT2D eigenvalue weighted by Crippen LogP contribution is 2.28. The van der Waals surface area contributed by atoms with Crippen LogP contribution in [0.2, 0.25) is 5.15 Å². The standard InChI is InChI=1S/C11H16ClN7O2S/c1-8-9(10(12)17(2)16-8)22(20,21)19-5-3-18(4-6-19)11-13-7-14-15-11/h7H,3-6H2,1-2H3,(H,13,14,15). The van der Waals surface area contributed by atoms with Gasteiger partial charge in [-0.3, -0.25) is 4.68 Å². The average molecular weight is 346 g/mol. The number of halogens is 1. The Labute approximate surface area is 132 Å². The van der Waals surface area contributed by atoms with Crippen LogP contribution in [0, 0.1) is 6.92 Å². The van der Waals surface area contributed by atoms with Gasteiger partial charge >= 0.3 is 0 Å². The highest BCUT2D eigenvalue weighted by atomic mass is 35.5. The fraction of sp³-hybridized carbons (Fsp3) is 0.545. The summed E-state index contributed by atoms with van der Waals surface area (Å²) in [5.74, 6) is 0.646. The van der Waals surface area contributed by atoms with E-state index < -0.39 is 10.0 Å². The van der Waals surface area contributed by atoms with E-state index in [9.17, 15) is 8.42 Å². The largest absolute Gasteiger partial charge is 0.339 e. The van der Waals surface area contributed by atoms with E-state index in [2.05, 4.69) is 20.3 Å². The van der Waals surface area contributed by atoms with Crippen molar-refractivity contribution in [3.05, 3.63) is 17.2 Å². The van der Waals surface area contributed by atoms with E-state index >= 15 is 0 Å². The lowest BCUT2D eigenvalue weighted by Crippen LogP contribution is -2.49. The molecule has 0 aromatic carbocycles. The van der Waals surface area contributed by atoms with Gasteiger partial charge in [-0.1, -0.05) is 11.6 Å². The Balaban J connectivity index is 1.80. The Kier molecular flexibility index (Phi) is 3.83. The maximum Gasteiger partial charge on any atom is 0.248 e. The molecule has 0 aliphatic carbocycles. The molecule has 3 heterocycles. The zero-order valence-electron chi connectivity index (χ0n) is 12.2. The Morgan fingerprint density at radius 2 is 1.95 bits per heavy atom. The molecule has 1 saturated heterocycles. The van der Waals surface area contributed by atoms with Gasteiger partial charge in [0.05, 0.1) is 5.69 Å². The van der Waals surface area contributed by atoms with Crippen molar-refractivity contribution in [3.8, 4) is 0 Å². The molecular weight excluding hydrogens is 330 g/mol. The number of anilines is 1. The van der Waals surface area contributed by atoms with Crippen LogP contribution in [-0.4, -0.2) is 63.9 Å². The van der Waals surface area contributed by atoms with E-state index in [4.69, 9.17) is 11.6 Å². The molecule has 0 saturated carbocycles. The minimum atomic E-state index is -3.65. The van der Waals surface area contributed by atoms with Crippen LogP contribution in [0.1, 0.15) is 5.69 Å². The molecule has 11 heteroatoms. The smallest absolute Gasteiger partial charge is 0.248 e. The van der Waals surface area contributed by atoms with Crippen molar-refractivity contribution in [2.24, 2.45) is 7.05 Å². The van der Waals surface area contributed by atoms with Crippen molar-refractivity contribution in [1.29, 1.82) is 0 Å². The molecule has 1 aliphatic rings. The summed E-state index contributed by atoms with van der Waals surface area (Å²) in [7, 11) is -2.03. The van der Waals surface area contributed by atoms with Gasteiger partial charge in [0.15, 0.2) is 0 Å². The first kappa shape index (κ1) is 15.3. The summed E-state index contributed by atoms with van der Waals surface area (Å²) in [6.45, 7) is 3.42. The molecule has 1 fully saturated rings. The molecule has 0 bridgehead atoms. The van der Waals surface area contributed by atoms with E-state index in [1.807, 2.05) is 4.90 Å². The fourth-order valence-corrected chi connectivity index (χ4v) is 4.65. The molecule has 0 radical (unpaired) electrons. The number of aromatic amines is 1. The lowest BCUT2D eigenvalue weighted by atomic mass is 10.4. The number of hydrogen-bond donors (Lipinski definition) is 1. The molecule has 0 unspecified atom stereocenters. The van der Waals surface area contributed by atoms with Gasteiger partial charge in [0, 0.05) is 33.2 Å². The first-order valence-electron chi connectivity index (χ1n) is 6.71. The SMILES string of the molecule is Cc1nn(C)c(Cl)c1S(=O)(=O)N1CCN(c2ncn[nH]2)CC1. The number of nitrogens with one attached hydrogen (secondary N) is 1. The molecule has 2 aromatic heterocycles. The number of nitrogens with zero attached hydrogens (tertiary/aromatic N) is 6. The van der Waals surface area contributed by atoms with Crippen LogP contribution in [0.4, 0.5) is 5.95 Å². The summed E-state index contributed by atoms with van der Waals surface area (Å²) in [6, 6.07) is 0. The van der Waals surface area contributed by atoms with Crippen molar-refractivity contribution in [2.45, 2.75) is 11.8 Å². The van der Waals surface area contributed by atoms with Gasteiger partial charge in [-0.05, 0) is 6.92 Å². The van der Waals surface area contributed by atoms with Crippen LogP contribution in [0.3, 0.4) is 0 Å². The number of aromatic nitrogens is 5. The maximum absolute atomic E-state index is 12.8. The molecule has 3 rings (SSSR count). The third kappa shape index (κ3) is 2.46. The van der Waals surface area contributed by atoms with E-state index in [1.54, 1.807) is 14.0 Å². The molecule has 120 valence electrons. The van der Waals surface area contributed by atoms with E-state index in [-0.39, 0.29) is 10.0 Å². The normalized spacial score (nSPS) is 17.1. The van der Waals surface area contributed by atoms with E-state index in [0.29, 0.717) is 37.8 Å². The van der Waals surface area contributed by atoms with Crippen LogP contribution >= 0.6 is 11.6 Å². The summed E-state index contributed by atoms with van der Waals surface area (Å²) >= 11 is 6.09. The summed E-state index contributed by atoms with van der Waals surface area (Å²) in [5.41, 5.74) is 0.408. The zero-order valence-corrected chi connectivity index (χ0v) is 13.8. The molecule has 22 heavy (non-hydrogen) atoms. The van der Waals surface area contributed by atoms with Gasteiger partial charge in [0.2, 0.25) is 16.0 Å². The Morgan fingerprint density at radius 1 is 1.27 bits per heavy atom. The van der Waals surface area contributed by atoms with E-state index in [1.165, 1.54) is 15.3 Å². The lowest BCUT2D eigenvalue weighted by Gasteiger charge is -2.33. The molecule has 1 aliphatic heterocycles. The first-order valence-corrected chi connectivity index (χ1v) is 8.52. The molecule has 0 atom stereocenters. The number of hydrogen-bond acceptors (Lipinski definition) is 6. The monoisotopic (exact) mass is 345 g/mol. The quantitative estimate of drug-likeness (QED) is 0.841. The van der Waals surface area contributed by atoms with Crippen LogP contribution in [0.5, 0.6) is 0 Å². The van der Waals surface area contributed by atoms with Crippen molar-refractivity contribution in [3.63, 3.8) is 0 Å². The fourth-order valence-electron chi connectivity index (χ4n) is 2.52. The van der Waals surface area contributed by atoms with Crippen LogP contribution in [-0.2, 0) is 17.1 Å². The lowest BCUT2D eigenvalue weighted by molar-refractivity contribution is 0.382. The number of H-pyrrole nitrogens is 1. The minimum Gasteiger partial charge on any atom is -0.339 e. The number of rotatable bonds is 3. The number of sulfonamides is 1. The molecule has 0 amide bonds. The second-order valence-electron chi connectivity index (χ2n) is 5.03. The van der Waals surface area contributed by atoms with Crippen molar-refractivity contribution < 1.29 is 8.42 Å². The number of piperazine rings is 1. The van der Waals surface area contributed by atoms with Gasteiger partial charge in [-0.2, -0.15) is 19.5 Å². The third-order valence-electron chi connectivity index (χ3n) is 3.64. The van der Waals surface area contributed by atoms with Crippen molar-refractivity contribution in [1.82, 2.24) is 29.3 Å². The Bertz CT molecular complexity index is 763. The van der Waals surface area contributed by atoms with Gasteiger partial charge in [0.25, 0.3) is 0 Å². The molecule has 2 aromatic rings. The summed E-state index contributed by atoms with van der Waals surface area (Å²) in [4.78, 5) is 6.12. The predicted octanol–water partition coefficient (Wildman–Crippen LogP) is 0.0109. The summed E-state index contributed by atoms with van der Waals surface area (Å²) in [5, 5.41) is 10.8. The highest BCUT2D eigenvalue weighted by Gasteiger charge is 2.34. The predicted molar refractivity (Wildman–Crippen MR) is 80.3 cm³/mol. The van der Waals surface area contributed by atoms with E-state index in [0.717, 1.165) is 0 Å². The minimum absolute atomic E-state index is 0.0878. The molecule has 0 spiro atoms. The molecular formula is C11H16ClN7O2S. The van der Waals surface area contributed by atoms with Crippen LogP contribution in [0.15, 0.2) is 11.2 Å². The van der Waals surface area contributed by atoms with Gasteiger partial charge in [-0.15, -0.1) is 0 Å². The Hall–Kier alpha value is -1.65. The Morgan fingerprint density at radius 3 is 2.45 bits per heavy atom. The maximum atomic E-state index is 12.8. The van der Waals surface area contributed by atoms with Gasteiger partial charge in [0.1, 0.15) is 16.4 Å². The topological polar surface area (TPSA) is 100 Å². The second-order valence-corrected chi connectivity index (χ2v) is 7.26. The summed E-state index contributed by atoms with van der Waals surface area (Å²) in [6.07, 6.45) is 1.43. The van der Waals surface area contributed by atoms with Gasteiger partial charge in [-0.25, -0.2) is 13.5 Å². The zero-order chi connectivity index (χ0) is 15.9. The van der Waals surface area contributed by atoms with Crippen molar-refractivity contribution in [2.75, 3.05) is 31.1 Å². The van der Waals surface area contributed by atoms with Crippen LogP contribution < -0.4 is 4.90 Å². The average Bonchev–Trinajstić information content (AvgIpc) is 3.08. The third-order valence-corrected chi connectivity index (χ3v) is 6.23. The second kappa shape index (κ2) is 5.52.